The molecule has 0 bridgehead atoms. The third-order valence-electron chi connectivity index (χ3n) is 3.65. The van der Waals surface area contributed by atoms with Gasteiger partial charge < -0.3 is 20.9 Å². The lowest BCUT2D eigenvalue weighted by molar-refractivity contribution is 0.296. The maximum absolute atomic E-state index is 9.27. The molecule has 1 aromatic rings. The van der Waals surface area contributed by atoms with Gasteiger partial charge in [0, 0.05) is 23.8 Å². The fraction of sp³-hybridized carbons (Fsp3) is 0.533. The summed E-state index contributed by atoms with van der Waals surface area (Å²) in [4.78, 5) is 2.21. The van der Waals surface area contributed by atoms with Crippen LogP contribution in [0.25, 0.3) is 0 Å². The van der Waals surface area contributed by atoms with E-state index in [1.807, 2.05) is 25.1 Å². The van der Waals surface area contributed by atoms with E-state index in [1.54, 1.807) is 0 Å². The highest BCUT2D eigenvalue weighted by Gasteiger charge is 2.16. The molecule has 112 valence electrons. The summed E-state index contributed by atoms with van der Waals surface area (Å²) < 4.78 is 0. The Kier molecular flexibility index (Phi) is 6.31. The van der Waals surface area contributed by atoms with Crippen LogP contribution in [0.15, 0.2) is 23.4 Å². The Hall–Kier alpha value is -1.75. The van der Waals surface area contributed by atoms with Gasteiger partial charge in [0.15, 0.2) is 5.84 Å². The molecule has 1 rings (SSSR count). The number of nitrogens with two attached hydrogens (primary N) is 1. The average Bonchev–Trinajstić information content (AvgIpc) is 2.46. The number of rotatable bonds is 7. The van der Waals surface area contributed by atoms with Crippen LogP contribution in [0.5, 0.6) is 0 Å². The SMILES string of the molecule is CCC(CC)N(CCO)c1ccc(/C(N)=N/O)c(C)c1. The van der Waals surface area contributed by atoms with Crippen molar-refractivity contribution in [3.63, 3.8) is 0 Å². The molecule has 1 aromatic carbocycles. The van der Waals surface area contributed by atoms with Crippen molar-refractivity contribution in [3.05, 3.63) is 29.3 Å². The van der Waals surface area contributed by atoms with Gasteiger partial charge in [-0.15, -0.1) is 0 Å². The van der Waals surface area contributed by atoms with E-state index in [2.05, 4.69) is 23.9 Å². The minimum atomic E-state index is 0.116. The van der Waals surface area contributed by atoms with Crippen molar-refractivity contribution in [2.24, 2.45) is 10.9 Å². The van der Waals surface area contributed by atoms with Crippen LogP contribution in [-0.4, -0.2) is 35.3 Å². The van der Waals surface area contributed by atoms with E-state index in [4.69, 9.17) is 10.9 Å². The van der Waals surface area contributed by atoms with Crippen LogP contribution in [0.2, 0.25) is 0 Å². The third-order valence-corrected chi connectivity index (χ3v) is 3.65. The molecular weight excluding hydrogens is 254 g/mol. The molecule has 0 spiro atoms. The Morgan fingerprint density at radius 1 is 1.35 bits per heavy atom. The number of aryl methyl sites for hydroxylation is 1. The van der Waals surface area contributed by atoms with E-state index in [-0.39, 0.29) is 12.4 Å². The summed E-state index contributed by atoms with van der Waals surface area (Å²) in [7, 11) is 0. The highest BCUT2D eigenvalue weighted by Crippen LogP contribution is 2.23. The number of nitrogens with zero attached hydrogens (tertiary/aromatic N) is 2. The number of hydrogen-bond acceptors (Lipinski definition) is 4. The van der Waals surface area contributed by atoms with Gasteiger partial charge in [0.1, 0.15) is 0 Å². The maximum atomic E-state index is 9.27. The van der Waals surface area contributed by atoms with E-state index >= 15 is 0 Å². The molecule has 0 aliphatic rings. The van der Waals surface area contributed by atoms with Crippen LogP contribution in [0.1, 0.15) is 37.8 Å². The Morgan fingerprint density at radius 2 is 2.00 bits per heavy atom. The summed E-state index contributed by atoms with van der Waals surface area (Å²) in [6, 6.07) is 6.22. The average molecular weight is 279 g/mol. The molecule has 0 amide bonds. The van der Waals surface area contributed by atoms with Crippen molar-refractivity contribution in [1.29, 1.82) is 0 Å². The van der Waals surface area contributed by atoms with Crippen LogP contribution < -0.4 is 10.6 Å². The summed E-state index contributed by atoms with van der Waals surface area (Å²) in [6.07, 6.45) is 2.05. The van der Waals surface area contributed by atoms with Crippen LogP contribution in [-0.2, 0) is 0 Å². The summed E-state index contributed by atoms with van der Waals surface area (Å²) in [5.74, 6) is 0.116. The molecular formula is C15H25N3O2. The van der Waals surface area contributed by atoms with Gasteiger partial charge in [-0.3, -0.25) is 0 Å². The highest BCUT2D eigenvalue weighted by atomic mass is 16.4. The van der Waals surface area contributed by atoms with Gasteiger partial charge in [0.2, 0.25) is 0 Å². The predicted molar refractivity (Wildman–Crippen MR) is 82.5 cm³/mol. The monoisotopic (exact) mass is 279 g/mol. The zero-order chi connectivity index (χ0) is 15.1. The van der Waals surface area contributed by atoms with E-state index in [0.29, 0.717) is 12.6 Å². The molecule has 5 nitrogen and oxygen atoms in total. The van der Waals surface area contributed by atoms with Gasteiger partial charge in [-0.05, 0) is 43.5 Å². The second-order valence-electron chi connectivity index (χ2n) is 4.87. The van der Waals surface area contributed by atoms with Gasteiger partial charge in [0.25, 0.3) is 0 Å². The first-order valence-corrected chi connectivity index (χ1v) is 7.05. The molecule has 20 heavy (non-hydrogen) atoms. The maximum Gasteiger partial charge on any atom is 0.170 e. The molecule has 4 N–H and O–H groups in total. The van der Waals surface area contributed by atoms with Gasteiger partial charge in [-0.2, -0.15) is 0 Å². The highest BCUT2D eigenvalue weighted by molar-refractivity contribution is 5.98. The molecule has 0 radical (unpaired) electrons. The van der Waals surface area contributed by atoms with Crippen molar-refractivity contribution >= 4 is 11.5 Å². The molecule has 0 heterocycles. The Labute approximate surface area is 120 Å². The Morgan fingerprint density at radius 3 is 2.45 bits per heavy atom. The minimum Gasteiger partial charge on any atom is -0.409 e. The van der Waals surface area contributed by atoms with Crippen LogP contribution in [0.4, 0.5) is 5.69 Å². The summed E-state index contributed by atoms with van der Waals surface area (Å²) >= 11 is 0. The molecule has 0 unspecified atom stereocenters. The first-order valence-electron chi connectivity index (χ1n) is 7.05. The lowest BCUT2D eigenvalue weighted by Crippen LogP contribution is -2.36. The fourth-order valence-corrected chi connectivity index (χ4v) is 2.53. The van der Waals surface area contributed by atoms with Crippen LogP contribution >= 0.6 is 0 Å². The second-order valence-corrected chi connectivity index (χ2v) is 4.87. The molecule has 0 aliphatic heterocycles. The van der Waals surface area contributed by atoms with Crippen molar-refractivity contribution in [3.8, 4) is 0 Å². The van der Waals surface area contributed by atoms with E-state index in [0.717, 1.165) is 29.7 Å². The Balaban J connectivity index is 3.12. The van der Waals surface area contributed by atoms with Crippen LogP contribution in [0.3, 0.4) is 0 Å². The normalized spacial score (nSPS) is 11.9. The van der Waals surface area contributed by atoms with Gasteiger partial charge in [0.05, 0.1) is 6.61 Å². The van der Waals surface area contributed by atoms with Crippen molar-refractivity contribution in [2.45, 2.75) is 39.7 Å². The summed E-state index contributed by atoms with van der Waals surface area (Å²) in [6.45, 7) is 6.96. The number of amidine groups is 1. The first kappa shape index (κ1) is 16.3. The van der Waals surface area contributed by atoms with Crippen molar-refractivity contribution in [1.82, 2.24) is 0 Å². The van der Waals surface area contributed by atoms with Gasteiger partial charge in [-0.1, -0.05) is 19.0 Å². The zero-order valence-corrected chi connectivity index (χ0v) is 12.5. The van der Waals surface area contributed by atoms with E-state index in [9.17, 15) is 5.11 Å². The first-order chi connectivity index (χ1) is 9.58. The van der Waals surface area contributed by atoms with Gasteiger partial charge in [-0.25, -0.2) is 0 Å². The van der Waals surface area contributed by atoms with E-state index < -0.39 is 0 Å². The Bertz CT molecular complexity index is 456. The van der Waals surface area contributed by atoms with Crippen molar-refractivity contribution < 1.29 is 10.3 Å². The third kappa shape index (κ3) is 3.63. The number of benzene rings is 1. The fourth-order valence-electron chi connectivity index (χ4n) is 2.53. The molecule has 0 aromatic heterocycles. The number of aliphatic hydroxyl groups excluding tert-OH is 1. The smallest absolute Gasteiger partial charge is 0.170 e. The lowest BCUT2D eigenvalue weighted by Gasteiger charge is -2.32. The summed E-state index contributed by atoms with van der Waals surface area (Å²) in [5, 5.41) is 21.1. The lowest BCUT2D eigenvalue weighted by atomic mass is 10.0. The molecule has 0 saturated heterocycles. The molecule has 0 aliphatic carbocycles. The van der Waals surface area contributed by atoms with E-state index in [1.165, 1.54) is 0 Å². The molecule has 0 atom stereocenters. The second kappa shape index (κ2) is 7.75. The number of anilines is 1. The summed E-state index contributed by atoms with van der Waals surface area (Å²) in [5.41, 5.74) is 8.37. The molecule has 5 heteroatoms. The number of oxime groups is 1. The number of aliphatic hydroxyl groups is 1. The minimum absolute atomic E-state index is 0.116. The predicted octanol–water partition coefficient (Wildman–Crippen LogP) is 2.08. The largest absolute Gasteiger partial charge is 0.409 e. The molecule has 0 fully saturated rings. The quantitative estimate of drug-likeness (QED) is 0.309. The van der Waals surface area contributed by atoms with Crippen molar-refractivity contribution in [2.75, 3.05) is 18.1 Å². The zero-order valence-electron chi connectivity index (χ0n) is 12.5. The number of hydrogen-bond donors (Lipinski definition) is 3. The standard InChI is InChI=1S/C15H25N3O2/c1-4-12(5-2)18(8-9-19)13-6-7-14(11(3)10-13)15(16)17-20/h6-7,10,12,19-20H,4-5,8-9H2,1-3H3,(H2,16,17). The van der Waals surface area contributed by atoms with Crippen LogP contribution in [0, 0.1) is 6.92 Å². The van der Waals surface area contributed by atoms with Gasteiger partial charge >= 0.3 is 0 Å². The topological polar surface area (TPSA) is 82.1 Å². The molecule has 0 saturated carbocycles.